The fourth-order valence-corrected chi connectivity index (χ4v) is 0.234. The second-order valence-corrected chi connectivity index (χ2v) is 1.50. The van der Waals surface area contributed by atoms with Crippen molar-refractivity contribution in [3.05, 3.63) is 0 Å². The number of hydrogen-bond donors (Lipinski definition) is 1. The highest BCUT2D eigenvalue weighted by Crippen LogP contribution is 1.82. The van der Waals surface area contributed by atoms with E-state index >= 15 is 0 Å². The first-order valence-corrected chi connectivity index (χ1v) is 3.03. The third kappa shape index (κ3) is 7.84. The molecule has 0 aromatic heterocycles. The summed E-state index contributed by atoms with van der Waals surface area (Å²) in [5.74, 6) is 0. The molecule has 0 bridgehead atoms. The van der Waals surface area contributed by atoms with Crippen LogP contribution in [0.3, 0.4) is 0 Å². The maximum atomic E-state index is 5.08. The first kappa shape index (κ1) is 8.84. The van der Waals surface area contributed by atoms with Gasteiger partial charge in [0.05, 0.1) is 13.2 Å². The van der Waals surface area contributed by atoms with Crippen LogP contribution in [0.15, 0.2) is 0 Å². The van der Waals surface area contributed by atoms with Crippen molar-refractivity contribution in [2.45, 2.75) is 13.3 Å². The average molecular weight is 135 g/mol. The van der Waals surface area contributed by atoms with E-state index in [1.807, 2.05) is 6.92 Å². The normalized spacial score (nSPS) is 10.0. The molecule has 56 valence electrons. The molecule has 2 N–H and O–H groups in total. The lowest BCUT2D eigenvalue weighted by Crippen LogP contribution is -2.09. The van der Waals surface area contributed by atoms with Gasteiger partial charge in [-0.05, 0) is 6.42 Å². The summed E-state index contributed by atoms with van der Waals surface area (Å²) in [6.07, 6.45) is 0.909. The van der Waals surface area contributed by atoms with Crippen LogP contribution in [0.25, 0.3) is 0 Å². The zero-order chi connectivity index (χ0) is 6.95. The SMILES string of the molecule is CCCOOOCCN. The summed E-state index contributed by atoms with van der Waals surface area (Å²) in [5, 5.41) is 4.23. The maximum absolute atomic E-state index is 5.08. The summed E-state index contributed by atoms with van der Waals surface area (Å²) in [5.41, 5.74) is 5.08. The van der Waals surface area contributed by atoms with Gasteiger partial charge in [0.25, 0.3) is 0 Å². The van der Waals surface area contributed by atoms with Crippen molar-refractivity contribution in [3.8, 4) is 0 Å². The van der Waals surface area contributed by atoms with Gasteiger partial charge in [0.15, 0.2) is 0 Å². The standard InChI is InChI=1S/C5H13NO3/c1-2-4-7-9-8-5-3-6/h2-6H2,1H3. The topological polar surface area (TPSA) is 53.7 Å². The van der Waals surface area contributed by atoms with E-state index in [9.17, 15) is 0 Å². The fourth-order valence-electron chi connectivity index (χ4n) is 0.234. The molecule has 0 aromatic rings. The van der Waals surface area contributed by atoms with Gasteiger partial charge in [-0.2, -0.15) is 0 Å². The van der Waals surface area contributed by atoms with Gasteiger partial charge < -0.3 is 5.73 Å². The van der Waals surface area contributed by atoms with Crippen molar-refractivity contribution in [3.63, 3.8) is 0 Å². The van der Waals surface area contributed by atoms with E-state index in [0.717, 1.165) is 6.42 Å². The molecule has 0 spiro atoms. The summed E-state index contributed by atoms with van der Waals surface area (Å²) < 4.78 is 0. The van der Waals surface area contributed by atoms with Gasteiger partial charge in [-0.1, -0.05) is 12.0 Å². The molecule has 0 saturated carbocycles. The predicted octanol–water partition coefficient (Wildman–Crippen LogP) is 0.235. The van der Waals surface area contributed by atoms with Crippen molar-refractivity contribution in [1.82, 2.24) is 0 Å². The molecule has 0 fully saturated rings. The van der Waals surface area contributed by atoms with Gasteiger partial charge in [0.2, 0.25) is 0 Å². The van der Waals surface area contributed by atoms with Crippen LogP contribution in [0, 0.1) is 0 Å². The zero-order valence-corrected chi connectivity index (χ0v) is 5.63. The van der Waals surface area contributed by atoms with Crippen LogP contribution in [0.4, 0.5) is 0 Å². The molecule has 4 heteroatoms. The molecule has 0 atom stereocenters. The largest absolute Gasteiger partial charge is 0.328 e. The smallest absolute Gasteiger partial charge is 0.0976 e. The van der Waals surface area contributed by atoms with E-state index in [4.69, 9.17) is 5.73 Å². The van der Waals surface area contributed by atoms with Crippen molar-refractivity contribution in [2.75, 3.05) is 19.8 Å². The molecule has 0 rings (SSSR count). The van der Waals surface area contributed by atoms with E-state index in [2.05, 4.69) is 14.8 Å². The molecule has 0 saturated heterocycles. The van der Waals surface area contributed by atoms with Crippen LogP contribution in [0.5, 0.6) is 0 Å². The highest BCUT2D eigenvalue weighted by molar-refractivity contribution is 4.20. The molecule has 4 nitrogen and oxygen atoms in total. The lowest BCUT2D eigenvalue weighted by atomic mass is 10.5. The summed E-state index contributed by atoms with van der Waals surface area (Å²) in [6, 6.07) is 0. The Morgan fingerprint density at radius 1 is 1.22 bits per heavy atom. The number of nitrogens with two attached hydrogens (primary N) is 1. The molecule has 0 unspecified atom stereocenters. The second kappa shape index (κ2) is 7.84. The Balaban J connectivity index is 2.60. The summed E-state index contributed by atoms with van der Waals surface area (Å²) in [7, 11) is 0. The van der Waals surface area contributed by atoms with E-state index in [1.54, 1.807) is 0 Å². The van der Waals surface area contributed by atoms with Gasteiger partial charge in [-0.25, -0.2) is 9.78 Å². The third-order valence-corrected chi connectivity index (χ3v) is 0.585. The lowest BCUT2D eigenvalue weighted by Gasteiger charge is -1.98. The van der Waals surface area contributed by atoms with Crippen molar-refractivity contribution in [1.29, 1.82) is 0 Å². The molecule has 0 aliphatic carbocycles. The Kier molecular flexibility index (Phi) is 7.70. The summed E-state index contributed by atoms with van der Waals surface area (Å²) in [4.78, 5) is 8.94. The van der Waals surface area contributed by atoms with Crippen molar-refractivity contribution < 1.29 is 14.8 Å². The van der Waals surface area contributed by atoms with Crippen LogP contribution in [-0.2, 0) is 14.8 Å². The molecule has 0 radical (unpaired) electrons. The molecule has 0 heterocycles. The van der Waals surface area contributed by atoms with Crippen LogP contribution in [-0.4, -0.2) is 19.8 Å². The number of rotatable bonds is 6. The van der Waals surface area contributed by atoms with E-state index in [0.29, 0.717) is 19.8 Å². The number of hydrogen-bond acceptors (Lipinski definition) is 4. The molecular weight excluding hydrogens is 122 g/mol. The van der Waals surface area contributed by atoms with Gasteiger partial charge in [-0.15, -0.1) is 0 Å². The van der Waals surface area contributed by atoms with Crippen LogP contribution >= 0.6 is 0 Å². The Morgan fingerprint density at radius 3 is 2.44 bits per heavy atom. The molecule has 0 aliphatic heterocycles. The van der Waals surface area contributed by atoms with Gasteiger partial charge in [0.1, 0.15) is 0 Å². The molecule has 9 heavy (non-hydrogen) atoms. The van der Waals surface area contributed by atoms with E-state index in [1.165, 1.54) is 0 Å². The van der Waals surface area contributed by atoms with E-state index in [-0.39, 0.29) is 0 Å². The Hall–Kier alpha value is -0.160. The Morgan fingerprint density at radius 2 is 1.89 bits per heavy atom. The van der Waals surface area contributed by atoms with E-state index < -0.39 is 0 Å². The Labute approximate surface area is 54.7 Å². The van der Waals surface area contributed by atoms with Crippen LogP contribution in [0.1, 0.15) is 13.3 Å². The van der Waals surface area contributed by atoms with Crippen LogP contribution in [0.2, 0.25) is 0 Å². The minimum atomic E-state index is 0.365. The minimum absolute atomic E-state index is 0.365. The van der Waals surface area contributed by atoms with Gasteiger partial charge in [0, 0.05) is 6.54 Å². The third-order valence-electron chi connectivity index (χ3n) is 0.585. The molecule has 0 amide bonds. The Bertz CT molecular complexity index is 45.5. The predicted molar refractivity (Wildman–Crippen MR) is 32.3 cm³/mol. The quantitative estimate of drug-likeness (QED) is 0.322. The molecular formula is C5H13NO3. The van der Waals surface area contributed by atoms with Crippen LogP contribution < -0.4 is 5.73 Å². The minimum Gasteiger partial charge on any atom is -0.328 e. The highest BCUT2D eigenvalue weighted by Gasteiger charge is 1.84. The summed E-state index contributed by atoms with van der Waals surface area (Å²) >= 11 is 0. The average Bonchev–Trinajstić information content (AvgIpc) is 1.89. The van der Waals surface area contributed by atoms with Crippen molar-refractivity contribution in [2.24, 2.45) is 5.73 Å². The molecule has 0 aromatic carbocycles. The monoisotopic (exact) mass is 135 g/mol. The van der Waals surface area contributed by atoms with Gasteiger partial charge in [-0.3, -0.25) is 0 Å². The lowest BCUT2D eigenvalue weighted by molar-refractivity contribution is -0.511. The molecule has 0 aliphatic rings. The fraction of sp³-hybridized carbons (Fsp3) is 1.00. The first-order valence-electron chi connectivity index (χ1n) is 3.03. The maximum Gasteiger partial charge on any atom is 0.0976 e. The zero-order valence-electron chi connectivity index (χ0n) is 5.63. The highest BCUT2D eigenvalue weighted by atomic mass is 17.5. The van der Waals surface area contributed by atoms with Crippen molar-refractivity contribution >= 4 is 0 Å². The first-order chi connectivity index (χ1) is 4.41. The summed E-state index contributed by atoms with van der Waals surface area (Å²) in [6.45, 7) is 3.33. The van der Waals surface area contributed by atoms with Gasteiger partial charge >= 0.3 is 0 Å². The second-order valence-electron chi connectivity index (χ2n) is 1.50.